The van der Waals surface area contributed by atoms with E-state index < -0.39 is 10.8 Å². The van der Waals surface area contributed by atoms with Crippen LogP contribution in [0.3, 0.4) is 0 Å². The third kappa shape index (κ3) is 3.92. The zero-order valence-electron chi connectivity index (χ0n) is 19.2. The van der Waals surface area contributed by atoms with Crippen LogP contribution in [0.15, 0.2) is 29.2 Å². The molecule has 0 bridgehead atoms. The van der Waals surface area contributed by atoms with Crippen molar-refractivity contribution in [2.24, 2.45) is 5.92 Å². The molecule has 1 aromatic heterocycles. The second kappa shape index (κ2) is 8.68. The van der Waals surface area contributed by atoms with Crippen LogP contribution in [0.4, 0.5) is 17.5 Å². The number of anilines is 3. The van der Waals surface area contributed by atoms with Gasteiger partial charge in [0.25, 0.3) is 0 Å². The number of halogens is 1. The quantitative estimate of drug-likeness (QED) is 0.690. The molecule has 1 aromatic carbocycles. The van der Waals surface area contributed by atoms with Crippen LogP contribution >= 0.6 is 11.6 Å². The number of aryl methyl sites for hydroxylation is 1. The third-order valence-electron chi connectivity index (χ3n) is 7.64. The number of fused-ring (bicyclic) bond motifs is 2. The molecule has 5 heterocycles. The second-order valence-electron chi connectivity index (χ2n) is 9.79. The molecule has 3 saturated heterocycles. The maximum atomic E-state index is 12.8. The maximum Gasteiger partial charge on any atom is 0.227 e. The highest BCUT2D eigenvalue weighted by Gasteiger charge is 2.43. The number of carbonyl (C=O) groups is 1. The highest BCUT2D eigenvalue weighted by Crippen LogP contribution is 2.38. The average Bonchev–Trinajstić information content (AvgIpc) is 3.19. The molecule has 6 rings (SSSR count). The van der Waals surface area contributed by atoms with E-state index in [0.29, 0.717) is 42.9 Å². The predicted molar refractivity (Wildman–Crippen MR) is 134 cm³/mol. The lowest BCUT2D eigenvalue weighted by atomic mass is 9.82. The molecule has 8 nitrogen and oxygen atoms in total. The van der Waals surface area contributed by atoms with Crippen LogP contribution in [0.5, 0.6) is 0 Å². The van der Waals surface area contributed by atoms with E-state index in [1.54, 1.807) is 4.90 Å². The number of nitrogens with zero attached hydrogens (tertiary/aromatic N) is 5. The number of nitrogens with one attached hydrogen (secondary N) is 1. The Kier molecular flexibility index (Phi) is 5.64. The lowest BCUT2D eigenvalue weighted by Crippen LogP contribution is -2.64. The molecule has 1 N–H and O–H groups in total. The Bertz CT molecular complexity index is 1150. The summed E-state index contributed by atoms with van der Waals surface area (Å²) in [6.45, 7) is 3.50. The molecule has 34 heavy (non-hydrogen) atoms. The third-order valence-corrected chi connectivity index (χ3v) is 9.35. The lowest BCUT2D eigenvalue weighted by Gasteiger charge is -2.54. The Morgan fingerprint density at radius 1 is 1.09 bits per heavy atom. The summed E-state index contributed by atoms with van der Waals surface area (Å²) in [6.07, 6.45) is 3.10. The number of hydrogen-bond acceptors (Lipinski definition) is 7. The maximum absolute atomic E-state index is 12.8. The molecule has 1 amide bonds. The van der Waals surface area contributed by atoms with E-state index in [2.05, 4.69) is 27.2 Å². The van der Waals surface area contributed by atoms with Gasteiger partial charge in [0.1, 0.15) is 10.7 Å². The fourth-order valence-electron chi connectivity index (χ4n) is 5.65. The Balaban J connectivity index is 1.24. The van der Waals surface area contributed by atoms with Crippen molar-refractivity contribution < 1.29 is 9.00 Å². The summed E-state index contributed by atoms with van der Waals surface area (Å²) in [7, 11) is 0.750. The first-order chi connectivity index (χ1) is 16.5. The van der Waals surface area contributed by atoms with Crippen molar-refractivity contribution in [2.75, 3.05) is 54.1 Å². The van der Waals surface area contributed by atoms with Crippen LogP contribution in [-0.2, 0) is 22.0 Å². The molecule has 10 heteroatoms. The minimum Gasteiger partial charge on any atom is -0.366 e. The summed E-state index contributed by atoms with van der Waals surface area (Å²) >= 11 is 6.08. The number of carbonyl (C=O) groups excluding carboxylic acids is 1. The van der Waals surface area contributed by atoms with Crippen LogP contribution in [-0.4, -0.2) is 76.0 Å². The summed E-state index contributed by atoms with van der Waals surface area (Å²) in [4.78, 5) is 29.0. The number of likely N-dealkylation sites (tertiary alicyclic amines) is 1. The van der Waals surface area contributed by atoms with Crippen molar-refractivity contribution in [3.8, 4) is 0 Å². The van der Waals surface area contributed by atoms with Gasteiger partial charge in [-0.25, -0.2) is 4.98 Å². The Hall–Kier alpha value is -2.39. The van der Waals surface area contributed by atoms with Gasteiger partial charge in [-0.3, -0.25) is 9.00 Å². The van der Waals surface area contributed by atoms with Crippen LogP contribution in [0.25, 0.3) is 0 Å². The van der Waals surface area contributed by atoms with Gasteiger partial charge in [0.2, 0.25) is 11.9 Å². The van der Waals surface area contributed by atoms with E-state index >= 15 is 0 Å². The van der Waals surface area contributed by atoms with Gasteiger partial charge in [-0.05, 0) is 37.1 Å². The molecule has 2 aromatic rings. The smallest absolute Gasteiger partial charge is 0.227 e. The molecule has 3 fully saturated rings. The number of amides is 1. The predicted octanol–water partition coefficient (Wildman–Crippen LogP) is 2.54. The molecular formula is C24H29ClN6O2S. The van der Waals surface area contributed by atoms with E-state index in [1.165, 1.54) is 5.69 Å². The Morgan fingerprint density at radius 2 is 1.91 bits per heavy atom. The number of benzene rings is 1. The fourth-order valence-corrected chi connectivity index (χ4v) is 7.09. The average molecular weight is 501 g/mol. The SMILES string of the molecule is CN1C[C@@H](Nc2nc(N3CCC4CN(c5ccc(Cl)cc5)C4C3)nc3c2S(=O)CC3)CCC1=O. The molecular weight excluding hydrogens is 472 g/mol. The van der Waals surface area contributed by atoms with E-state index in [-0.39, 0.29) is 11.9 Å². The summed E-state index contributed by atoms with van der Waals surface area (Å²) in [6, 6.07) is 8.60. The van der Waals surface area contributed by atoms with Gasteiger partial charge in [-0.1, -0.05) is 11.6 Å². The monoisotopic (exact) mass is 500 g/mol. The van der Waals surface area contributed by atoms with Crippen LogP contribution < -0.4 is 15.1 Å². The van der Waals surface area contributed by atoms with Gasteiger partial charge in [-0.2, -0.15) is 4.98 Å². The zero-order valence-corrected chi connectivity index (χ0v) is 20.8. The molecule has 4 aliphatic heterocycles. The Labute approximate surface area is 207 Å². The summed E-state index contributed by atoms with van der Waals surface area (Å²) < 4.78 is 12.8. The number of likely N-dealkylation sites (N-methyl/N-ethyl adjacent to an activating group) is 1. The number of piperidine rings is 2. The van der Waals surface area contributed by atoms with Crippen molar-refractivity contribution in [3.05, 3.63) is 35.0 Å². The molecule has 4 aliphatic rings. The van der Waals surface area contributed by atoms with Gasteiger partial charge < -0.3 is 20.0 Å². The summed E-state index contributed by atoms with van der Waals surface area (Å²) in [5.41, 5.74) is 2.10. The second-order valence-corrected chi connectivity index (χ2v) is 11.7. The molecule has 0 aliphatic carbocycles. The standard InChI is InChI=1S/C24H29ClN6O2S/c1-29-13-17(4-7-21(29)32)26-23-22-19(9-11-34(22)33)27-24(28-23)30-10-8-15-12-31(20(15)14-30)18-5-2-16(25)3-6-18/h2-3,5-6,15,17,20H,4,7-14H2,1H3,(H,26,27,28)/t15?,17-,20?,34?/m0/s1. The first-order valence-electron chi connectivity index (χ1n) is 12.0. The number of hydrogen-bond donors (Lipinski definition) is 1. The normalized spacial score (nSPS) is 28.4. The van der Waals surface area contributed by atoms with Gasteiger partial charge in [0, 0.05) is 74.5 Å². The zero-order chi connectivity index (χ0) is 23.4. The molecule has 4 atom stereocenters. The highest BCUT2D eigenvalue weighted by atomic mass is 35.5. The Morgan fingerprint density at radius 3 is 2.71 bits per heavy atom. The highest BCUT2D eigenvalue weighted by molar-refractivity contribution is 7.85. The number of rotatable bonds is 4. The molecule has 0 radical (unpaired) electrons. The van der Waals surface area contributed by atoms with Crippen molar-refractivity contribution >= 4 is 45.8 Å². The van der Waals surface area contributed by atoms with Crippen molar-refractivity contribution in [2.45, 2.75) is 42.7 Å². The minimum atomic E-state index is -1.08. The van der Waals surface area contributed by atoms with E-state index in [9.17, 15) is 9.00 Å². The van der Waals surface area contributed by atoms with E-state index in [4.69, 9.17) is 21.6 Å². The summed E-state index contributed by atoms with van der Waals surface area (Å²) in [5.74, 6) is 2.86. The van der Waals surface area contributed by atoms with Gasteiger partial charge in [-0.15, -0.1) is 0 Å². The minimum absolute atomic E-state index is 0.102. The van der Waals surface area contributed by atoms with Crippen LogP contribution in [0.2, 0.25) is 5.02 Å². The fraction of sp³-hybridized carbons (Fsp3) is 0.542. The largest absolute Gasteiger partial charge is 0.366 e. The first kappa shape index (κ1) is 22.1. The molecule has 3 unspecified atom stereocenters. The molecule has 0 spiro atoms. The number of aromatic nitrogens is 2. The molecule has 180 valence electrons. The topological polar surface area (TPSA) is 81.7 Å². The van der Waals surface area contributed by atoms with Gasteiger partial charge >= 0.3 is 0 Å². The van der Waals surface area contributed by atoms with Crippen molar-refractivity contribution in [1.29, 1.82) is 0 Å². The molecule has 0 saturated carbocycles. The van der Waals surface area contributed by atoms with E-state index in [0.717, 1.165) is 54.0 Å². The van der Waals surface area contributed by atoms with Crippen LogP contribution in [0, 0.1) is 5.92 Å². The van der Waals surface area contributed by atoms with Crippen molar-refractivity contribution in [3.63, 3.8) is 0 Å². The summed E-state index contributed by atoms with van der Waals surface area (Å²) in [5, 5.41) is 4.28. The van der Waals surface area contributed by atoms with Crippen LogP contribution in [0.1, 0.15) is 25.0 Å². The van der Waals surface area contributed by atoms with Crippen molar-refractivity contribution in [1.82, 2.24) is 14.9 Å². The lowest BCUT2D eigenvalue weighted by molar-refractivity contribution is -0.132. The van der Waals surface area contributed by atoms with Gasteiger partial charge in [0.15, 0.2) is 0 Å². The van der Waals surface area contributed by atoms with E-state index in [1.807, 2.05) is 19.2 Å². The first-order valence-corrected chi connectivity index (χ1v) is 13.7. The van der Waals surface area contributed by atoms with Gasteiger partial charge in [0.05, 0.1) is 22.5 Å².